The second-order valence-corrected chi connectivity index (χ2v) is 7.63. The average Bonchev–Trinajstić information content (AvgIpc) is 3.34. The van der Waals surface area contributed by atoms with Crippen LogP contribution in [0.15, 0.2) is 47.1 Å². The van der Waals surface area contributed by atoms with Crippen LogP contribution in [-0.4, -0.2) is 34.6 Å². The summed E-state index contributed by atoms with van der Waals surface area (Å²) in [4.78, 5) is 32.8. The molecule has 0 aliphatic carbocycles. The molecule has 2 aromatic heterocycles. The van der Waals surface area contributed by atoms with Gasteiger partial charge >= 0.3 is 5.97 Å². The van der Waals surface area contributed by atoms with Gasteiger partial charge in [0.25, 0.3) is 0 Å². The van der Waals surface area contributed by atoms with Crippen LogP contribution in [0.3, 0.4) is 0 Å². The average molecular weight is 395 g/mol. The van der Waals surface area contributed by atoms with E-state index in [1.807, 2.05) is 28.8 Å². The molecular formula is C22H25N3O4. The van der Waals surface area contributed by atoms with Crippen molar-refractivity contribution in [2.24, 2.45) is 11.8 Å². The van der Waals surface area contributed by atoms with Crippen molar-refractivity contribution in [3.05, 3.63) is 48.4 Å². The van der Waals surface area contributed by atoms with Gasteiger partial charge in [0.1, 0.15) is 11.8 Å². The van der Waals surface area contributed by atoms with Crippen molar-refractivity contribution in [2.75, 3.05) is 18.1 Å². The first-order valence-corrected chi connectivity index (χ1v) is 10.0. The van der Waals surface area contributed by atoms with Crippen LogP contribution < -0.4 is 4.90 Å². The van der Waals surface area contributed by atoms with Crippen LogP contribution in [-0.2, 0) is 14.3 Å². The molecule has 2 unspecified atom stereocenters. The predicted molar refractivity (Wildman–Crippen MR) is 109 cm³/mol. The number of furan rings is 1. The molecule has 0 fully saturated rings. The maximum absolute atomic E-state index is 13.5. The number of para-hydroxylation sites is 2. The van der Waals surface area contributed by atoms with E-state index < -0.39 is 17.9 Å². The van der Waals surface area contributed by atoms with Gasteiger partial charge in [0.2, 0.25) is 11.9 Å². The van der Waals surface area contributed by atoms with Crippen LogP contribution in [0.5, 0.6) is 0 Å². The van der Waals surface area contributed by atoms with Gasteiger partial charge in [-0.2, -0.15) is 0 Å². The van der Waals surface area contributed by atoms with Gasteiger partial charge in [0.15, 0.2) is 5.92 Å². The molecule has 0 N–H and O–H groups in total. The number of carbonyl (C=O) groups excluding carboxylic acids is 2. The lowest BCUT2D eigenvalue weighted by molar-refractivity contribution is -0.153. The van der Waals surface area contributed by atoms with E-state index in [4.69, 9.17) is 14.1 Å². The highest BCUT2D eigenvalue weighted by atomic mass is 16.5. The summed E-state index contributed by atoms with van der Waals surface area (Å²) in [6.07, 6.45) is 2.35. The maximum Gasteiger partial charge on any atom is 0.321 e. The minimum atomic E-state index is -1.03. The maximum atomic E-state index is 13.5. The Morgan fingerprint density at radius 1 is 1.24 bits per heavy atom. The molecule has 152 valence electrons. The second kappa shape index (κ2) is 7.73. The van der Waals surface area contributed by atoms with Crippen LogP contribution in [0.1, 0.15) is 39.0 Å². The smallest absolute Gasteiger partial charge is 0.321 e. The quantitative estimate of drug-likeness (QED) is 0.469. The van der Waals surface area contributed by atoms with Gasteiger partial charge in [-0.25, -0.2) is 4.98 Å². The third-order valence-corrected chi connectivity index (χ3v) is 5.25. The Kier molecular flexibility index (Phi) is 5.13. The minimum absolute atomic E-state index is 0.205. The third-order valence-electron chi connectivity index (χ3n) is 5.25. The predicted octanol–water partition coefficient (Wildman–Crippen LogP) is 3.79. The lowest BCUT2D eigenvalue weighted by Crippen LogP contribution is -2.50. The van der Waals surface area contributed by atoms with E-state index in [-0.39, 0.29) is 12.5 Å². The molecule has 7 heteroatoms. The molecule has 1 aromatic carbocycles. The number of nitrogens with zero attached hydrogens (tertiary/aromatic N) is 3. The summed E-state index contributed by atoms with van der Waals surface area (Å²) < 4.78 is 12.9. The fraction of sp³-hybridized carbons (Fsp3) is 0.409. The van der Waals surface area contributed by atoms with E-state index in [2.05, 4.69) is 13.8 Å². The highest BCUT2D eigenvalue weighted by molar-refractivity contribution is 6.08. The van der Waals surface area contributed by atoms with E-state index in [1.54, 1.807) is 30.2 Å². The molecule has 1 aliphatic heterocycles. The summed E-state index contributed by atoms with van der Waals surface area (Å²) in [6, 6.07) is 10.6. The van der Waals surface area contributed by atoms with Crippen LogP contribution in [0, 0.1) is 11.8 Å². The second-order valence-electron chi connectivity index (χ2n) is 7.63. The number of esters is 1. The zero-order chi connectivity index (χ0) is 20.5. The molecule has 1 aliphatic rings. The molecule has 3 aromatic rings. The number of fused-ring (bicyclic) bond motifs is 3. The number of hydrogen-bond acceptors (Lipinski definition) is 5. The van der Waals surface area contributed by atoms with Crippen molar-refractivity contribution in [3.63, 3.8) is 0 Å². The number of rotatable bonds is 6. The first-order valence-electron chi connectivity index (χ1n) is 10.0. The molecular weight excluding hydrogens is 370 g/mol. The number of ether oxygens (including phenoxy) is 1. The third kappa shape index (κ3) is 3.30. The molecule has 0 saturated carbocycles. The summed E-state index contributed by atoms with van der Waals surface area (Å²) in [5.74, 6) is -0.392. The van der Waals surface area contributed by atoms with Crippen molar-refractivity contribution < 1.29 is 18.7 Å². The molecule has 0 bridgehead atoms. The number of benzene rings is 1. The summed E-state index contributed by atoms with van der Waals surface area (Å²) in [5, 5.41) is 0. The molecule has 2 atom stereocenters. The van der Waals surface area contributed by atoms with Gasteiger partial charge in [-0.05, 0) is 43.5 Å². The first kappa shape index (κ1) is 19.2. The van der Waals surface area contributed by atoms with Crippen molar-refractivity contribution in [1.82, 2.24) is 9.55 Å². The Balaban J connectivity index is 1.93. The summed E-state index contributed by atoms with van der Waals surface area (Å²) in [6.45, 7) is 6.64. The first-order chi connectivity index (χ1) is 14.0. The van der Waals surface area contributed by atoms with E-state index in [1.165, 1.54) is 0 Å². The van der Waals surface area contributed by atoms with E-state index in [0.717, 1.165) is 17.5 Å². The molecule has 29 heavy (non-hydrogen) atoms. The number of carbonyl (C=O) groups is 2. The minimum Gasteiger partial charge on any atom is -0.467 e. The number of imidazole rings is 1. The Morgan fingerprint density at radius 2 is 2.03 bits per heavy atom. The molecule has 1 amide bonds. The molecule has 0 radical (unpaired) electrons. The molecule has 0 saturated heterocycles. The van der Waals surface area contributed by atoms with E-state index in [9.17, 15) is 9.59 Å². The van der Waals surface area contributed by atoms with Crippen molar-refractivity contribution in [2.45, 2.75) is 33.2 Å². The largest absolute Gasteiger partial charge is 0.467 e. The normalized spacial score (nSPS) is 19.0. The number of anilines is 1. The van der Waals surface area contributed by atoms with Gasteiger partial charge < -0.3 is 9.15 Å². The lowest BCUT2D eigenvalue weighted by atomic mass is 9.93. The van der Waals surface area contributed by atoms with Crippen molar-refractivity contribution in [1.29, 1.82) is 0 Å². The Hall–Kier alpha value is -3.09. The van der Waals surface area contributed by atoms with Gasteiger partial charge in [-0.1, -0.05) is 26.0 Å². The Bertz CT molecular complexity index is 1020. The highest BCUT2D eigenvalue weighted by Gasteiger charge is 2.48. The zero-order valence-electron chi connectivity index (χ0n) is 16.9. The fourth-order valence-corrected chi connectivity index (χ4v) is 3.86. The highest BCUT2D eigenvalue weighted by Crippen LogP contribution is 2.41. The topological polar surface area (TPSA) is 77.6 Å². The van der Waals surface area contributed by atoms with Gasteiger partial charge in [-0.15, -0.1) is 0 Å². The van der Waals surface area contributed by atoms with E-state index in [0.29, 0.717) is 24.2 Å². The number of hydrogen-bond donors (Lipinski definition) is 0. The number of aromatic nitrogens is 2. The fourth-order valence-electron chi connectivity index (χ4n) is 3.86. The molecule has 4 rings (SSSR count). The van der Waals surface area contributed by atoms with Crippen LogP contribution >= 0.6 is 0 Å². The molecule has 3 heterocycles. The van der Waals surface area contributed by atoms with Gasteiger partial charge in [0.05, 0.1) is 23.9 Å². The van der Waals surface area contributed by atoms with Gasteiger partial charge in [0, 0.05) is 6.54 Å². The monoisotopic (exact) mass is 395 g/mol. The number of amides is 1. The van der Waals surface area contributed by atoms with E-state index >= 15 is 0 Å². The summed E-state index contributed by atoms with van der Waals surface area (Å²) >= 11 is 0. The molecule has 0 spiro atoms. The van der Waals surface area contributed by atoms with Crippen molar-refractivity contribution >= 4 is 28.9 Å². The molecule has 7 nitrogen and oxygen atoms in total. The summed E-state index contributed by atoms with van der Waals surface area (Å²) in [7, 11) is 0. The van der Waals surface area contributed by atoms with Crippen LogP contribution in [0.2, 0.25) is 0 Å². The van der Waals surface area contributed by atoms with Crippen molar-refractivity contribution in [3.8, 4) is 0 Å². The lowest BCUT2D eigenvalue weighted by Gasteiger charge is -2.37. The van der Waals surface area contributed by atoms with Gasteiger partial charge in [-0.3, -0.25) is 19.1 Å². The van der Waals surface area contributed by atoms with Crippen LogP contribution in [0.4, 0.5) is 5.95 Å². The zero-order valence-corrected chi connectivity index (χ0v) is 16.9. The Morgan fingerprint density at radius 3 is 2.72 bits per heavy atom. The SMILES string of the molecule is CCOC(=O)C1C(=O)N(CCC(C)C)c2nc3ccccc3n2C1c1ccco1. The Labute approximate surface area is 169 Å². The summed E-state index contributed by atoms with van der Waals surface area (Å²) in [5.41, 5.74) is 1.62. The standard InChI is InChI=1S/C22H25N3O4/c1-4-28-21(27)18-19(17-10-7-13-29-17)25-16-9-6-5-8-15(16)23-22(25)24(20(18)26)12-11-14(2)3/h5-10,13-14,18-19H,4,11-12H2,1-3H3. The van der Waals surface area contributed by atoms with Crippen LogP contribution in [0.25, 0.3) is 11.0 Å².